The van der Waals surface area contributed by atoms with Crippen LogP contribution in [0.3, 0.4) is 0 Å². The van der Waals surface area contributed by atoms with Crippen LogP contribution in [0.5, 0.6) is 0 Å². The Kier molecular flexibility index (Phi) is 15.3. The number of hydrogen-bond donors (Lipinski definition) is 4. The maximum Gasteiger partial charge on any atom is 0.407 e. The molecule has 3 saturated heterocycles. The van der Waals surface area contributed by atoms with Gasteiger partial charge in [-0.2, -0.15) is 0 Å². The van der Waals surface area contributed by atoms with Gasteiger partial charge in [0.25, 0.3) is 11.8 Å². The van der Waals surface area contributed by atoms with E-state index in [0.717, 1.165) is 29.7 Å². The fraction of sp³-hybridized carbons (Fsp3) is 0.358. The molecule has 3 aliphatic heterocycles. The molecule has 0 radical (unpaired) electrons. The summed E-state index contributed by atoms with van der Waals surface area (Å²) in [5.41, 5.74) is 6.61. The van der Waals surface area contributed by atoms with Gasteiger partial charge in [0.15, 0.2) is 0 Å². The van der Waals surface area contributed by atoms with Crippen molar-refractivity contribution in [2.24, 2.45) is 0 Å². The second-order valence-corrected chi connectivity index (χ2v) is 18.1. The van der Waals surface area contributed by atoms with E-state index in [9.17, 15) is 28.8 Å². The monoisotopic (exact) mass is 949 g/mol. The molecule has 2 aromatic heterocycles. The first kappa shape index (κ1) is 48.6. The zero-order valence-corrected chi connectivity index (χ0v) is 39.7. The second-order valence-electron chi connectivity index (χ2n) is 18.1. The van der Waals surface area contributed by atoms with Crippen LogP contribution in [0.25, 0.3) is 0 Å². The minimum absolute atomic E-state index is 0.00347. The van der Waals surface area contributed by atoms with Crippen LogP contribution in [0.2, 0.25) is 0 Å². The van der Waals surface area contributed by atoms with E-state index in [-0.39, 0.29) is 23.9 Å². The fourth-order valence-corrected chi connectivity index (χ4v) is 9.85. The molecule has 364 valence electrons. The first-order chi connectivity index (χ1) is 33.9. The van der Waals surface area contributed by atoms with Crippen molar-refractivity contribution in [1.29, 1.82) is 0 Å². The van der Waals surface area contributed by atoms with E-state index in [2.05, 4.69) is 74.2 Å². The van der Waals surface area contributed by atoms with E-state index in [0.29, 0.717) is 67.2 Å². The molecule has 3 aliphatic rings. The molecular formula is C53H59N9O8. The zero-order chi connectivity index (χ0) is 49.3. The Labute approximate surface area is 407 Å². The number of likely N-dealkylation sites (tertiary alicyclic amines) is 2. The summed E-state index contributed by atoms with van der Waals surface area (Å²) in [6.45, 7) is 5.06. The van der Waals surface area contributed by atoms with E-state index in [1.165, 1.54) is 42.0 Å². The zero-order valence-electron chi connectivity index (χ0n) is 39.7. The molecule has 8 rings (SSSR count). The number of rotatable bonds is 14. The van der Waals surface area contributed by atoms with Crippen molar-refractivity contribution in [1.82, 2.24) is 30.4 Å². The molecule has 0 bridgehead atoms. The lowest BCUT2D eigenvalue weighted by Gasteiger charge is -2.34. The van der Waals surface area contributed by atoms with Crippen molar-refractivity contribution < 1.29 is 38.2 Å². The average molecular weight is 950 g/mol. The fourth-order valence-electron chi connectivity index (χ4n) is 9.85. The Hall–Kier alpha value is -7.82. The SMILES string of the molecule is COC(=O)N[C@H](C(=O)N1CCC[C@H]1C(=O)Nc1ccc(C2CCC(c3ccc(NC(=O)[C@@H]4CCCN4C(=O)[C@@H](NC(=O)OC)c4cccnc4)cc3)N2c2ccc(C(C)C)cc2)cc1)c1cccnc1. The number of carbonyl (C=O) groups excluding carboxylic acids is 6. The summed E-state index contributed by atoms with van der Waals surface area (Å²) in [4.78, 5) is 93.7. The van der Waals surface area contributed by atoms with Crippen LogP contribution in [0, 0.1) is 0 Å². The van der Waals surface area contributed by atoms with Gasteiger partial charge >= 0.3 is 12.2 Å². The van der Waals surface area contributed by atoms with Gasteiger partial charge < -0.3 is 45.4 Å². The van der Waals surface area contributed by atoms with Crippen LogP contribution in [0.4, 0.5) is 26.7 Å². The Bertz CT molecular complexity index is 2480. The van der Waals surface area contributed by atoms with Gasteiger partial charge in [-0.25, -0.2) is 9.59 Å². The Morgan fingerprint density at radius 1 is 0.557 bits per heavy atom. The summed E-state index contributed by atoms with van der Waals surface area (Å²) in [6, 6.07) is 27.5. The average Bonchev–Trinajstić information content (AvgIpc) is 4.19. The molecule has 4 N–H and O–H groups in total. The molecule has 3 fully saturated rings. The number of ether oxygens (including phenoxy) is 2. The first-order valence-electron chi connectivity index (χ1n) is 23.7. The second kappa shape index (κ2) is 22.1. The summed E-state index contributed by atoms with van der Waals surface area (Å²) in [5, 5.41) is 11.3. The standard InChI is InChI=1S/C53H59N9O8/c1-33(2)34-17-23-41(24-18-34)62-42(35-13-19-39(20-14-35)56-48(63)44-11-7-29-60(44)50(65)46(58-52(67)69-3)37-9-5-27-54-31-37)25-26-43(62)36-15-21-40(22-16-36)57-49(64)45-12-8-30-61(45)51(66)47(59-53(68)70-4)38-10-6-28-55-32-38/h5-6,9-10,13-24,27-28,31-33,42-47H,7-8,11-12,25-26,29-30H2,1-4H3,(H,56,63)(H,57,64)(H,58,67)(H,59,68)/t42?,43?,44-,45-,46-,47-/m0/s1. The highest BCUT2D eigenvalue weighted by atomic mass is 16.5. The molecule has 6 amide bonds. The lowest BCUT2D eigenvalue weighted by atomic mass is 10.0. The maximum absolute atomic E-state index is 13.9. The molecule has 0 saturated carbocycles. The van der Waals surface area contributed by atoms with E-state index in [1.807, 2.05) is 48.5 Å². The van der Waals surface area contributed by atoms with E-state index in [4.69, 9.17) is 9.47 Å². The molecule has 6 atom stereocenters. The molecule has 5 aromatic rings. The number of carbonyl (C=O) groups is 6. The summed E-state index contributed by atoms with van der Waals surface area (Å²) >= 11 is 0. The van der Waals surface area contributed by atoms with E-state index < -0.39 is 48.2 Å². The molecule has 70 heavy (non-hydrogen) atoms. The predicted molar refractivity (Wildman–Crippen MR) is 262 cm³/mol. The van der Waals surface area contributed by atoms with Crippen LogP contribution < -0.4 is 26.2 Å². The Morgan fingerprint density at radius 3 is 1.36 bits per heavy atom. The summed E-state index contributed by atoms with van der Waals surface area (Å²) in [6.07, 6.45) is 8.54. The predicted octanol–water partition coefficient (Wildman–Crippen LogP) is 7.74. The lowest BCUT2D eigenvalue weighted by molar-refractivity contribution is -0.138. The third-order valence-electron chi connectivity index (χ3n) is 13.5. The van der Waals surface area contributed by atoms with Crippen LogP contribution in [0.1, 0.15) is 110 Å². The molecule has 5 heterocycles. The minimum atomic E-state index is -1.07. The molecule has 3 aromatic carbocycles. The quantitative estimate of drug-likeness (QED) is 0.0848. The van der Waals surface area contributed by atoms with Crippen LogP contribution in [-0.4, -0.2) is 95.0 Å². The molecule has 0 aliphatic carbocycles. The highest BCUT2D eigenvalue weighted by molar-refractivity contribution is 6.00. The van der Waals surface area contributed by atoms with Gasteiger partial charge in [0.2, 0.25) is 11.8 Å². The van der Waals surface area contributed by atoms with Crippen molar-refractivity contribution in [3.05, 3.63) is 150 Å². The van der Waals surface area contributed by atoms with Crippen LogP contribution >= 0.6 is 0 Å². The lowest BCUT2D eigenvalue weighted by Crippen LogP contribution is -2.48. The van der Waals surface area contributed by atoms with Crippen molar-refractivity contribution in [2.45, 2.75) is 94.5 Å². The van der Waals surface area contributed by atoms with Gasteiger partial charge in [-0.05, 0) is 110 Å². The first-order valence-corrected chi connectivity index (χ1v) is 23.7. The highest BCUT2D eigenvalue weighted by Crippen LogP contribution is 2.47. The molecule has 17 nitrogen and oxygen atoms in total. The summed E-state index contributed by atoms with van der Waals surface area (Å²) < 4.78 is 9.59. The largest absolute Gasteiger partial charge is 0.453 e. The highest BCUT2D eigenvalue weighted by Gasteiger charge is 2.41. The van der Waals surface area contributed by atoms with Gasteiger partial charge in [0.05, 0.1) is 26.3 Å². The van der Waals surface area contributed by atoms with Gasteiger partial charge in [-0.1, -0.05) is 62.4 Å². The van der Waals surface area contributed by atoms with Crippen molar-refractivity contribution in [3.8, 4) is 0 Å². The summed E-state index contributed by atoms with van der Waals surface area (Å²) in [7, 11) is 2.45. The van der Waals surface area contributed by atoms with Gasteiger partial charge in [-0.3, -0.25) is 29.1 Å². The number of anilines is 3. The van der Waals surface area contributed by atoms with Crippen LogP contribution in [0.15, 0.2) is 122 Å². The molecule has 0 spiro atoms. The molecule has 17 heteroatoms. The maximum atomic E-state index is 13.9. The number of nitrogens with one attached hydrogen (secondary N) is 4. The van der Waals surface area contributed by atoms with Gasteiger partial charge in [0, 0.05) is 66.1 Å². The Morgan fingerprint density at radius 2 is 0.986 bits per heavy atom. The minimum Gasteiger partial charge on any atom is -0.453 e. The number of hydrogen-bond acceptors (Lipinski definition) is 11. The van der Waals surface area contributed by atoms with Gasteiger partial charge in [-0.15, -0.1) is 0 Å². The number of alkyl carbamates (subject to hydrolysis) is 2. The number of methoxy groups -OCH3 is 2. The smallest absolute Gasteiger partial charge is 0.407 e. The van der Waals surface area contributed by atoms with Crippen molar-refractivity contribution in [3.63, 3.8) is 0 Å². The normalized spacial score (nSPS) is 19.5. The number of benzene rings is 3. The number of nitrogens with zero attached hydrogens (tertiary/aromatic N) is 5. The number of aromatic nitrogens is 2. The Balaban J connectivity index is 0.958. The topological polar surface area (TPSA) is 204 Å². The summed E-state index contributed by atoms with van der Waals surface area (Å²) in [5.74, 6) is -1.10. The van der Waals surface area contributed by atoms with E-state index in [1.54, 1.807) is 36.7 Å². The van der Waals surface area contributed by atoms with Gasteiger partial charge in [0.1, 0.15) is 24.2 Å². The third-order valence-corrected chi connectivity index (χ3v) is 13.5. The molecular weight excluding hydrogens is 891 g/mol. The third kappa shape index (κ3) is 10.9. The number of amides is 6. The van der Waals surface area contributed by atoms with Crippen molar-refractivity contribution in [2.75, 3.05) is 42.8 Å². The van der Waals surface area contributed by atoms with Crippen molar-refractivity contribution >= 4 is 52.9 Å². The number of pyridine rings is 2. The van der Waals surface area contributed by atoms with E-state index >= 15 is 0 Å². The molecule has 2 unspecified atom stereocenters. The van der Waals surface area contributed by atoms with Crippen LogP contribution in [-0.2, 0) is 28.7 Å².